The van der Waals surface area contributed by atoms with Gasteiger partial charge in [0.2, 0.25) is 5.91 Å². The standard InChI is InChI=1S/C55H99N2O6P/c1-6-8-10-12-14-16-18-20-22-24-25-26-27-28-29-30-31-33-35-37-39-41-43-45-47-49-55(59)56-53(52-63-64(60,61)62-51-50-57(3,4)5)54(58)48-46-44-42-40-38-36-34-32-23-21-19-17-15-13-11-9-7-2/h8,10,14,16,20,22,25-26,28-29,31,33,37,39,53-54,58H,6-7,9,11-13,15,17-19,21,23-24,27,30,32,34-36,38,40-52H2,1-5H3,(H-,56,59,60,61)/p+1/b10-8-,16-14-,22-20-,26-25-,29-28-,33-31-,39-37-. The van der Waals surface area contributed by atoms with Crippen LogP contribution in [0.1, 0.15) is 206 Å². The molecule has 370 valence electrons. The summed E-state index contributed by atoms with van der Waals surface area (Å²) in [5, 5.41) is 14.0. The topological polar surface area (TPSA) is 105 Å². The second-order valence-electron chi connectivity index (χ2n) is 18.5. The molecule has 0 rings (SSSR count). The lowest BCUT2D eigenvalue weighted by molar-refractivity contribution is -0.870. The van der Waals surface area contributed by atoms with Crippen molar-refractivity contribution in [2.75, 3.05) is 40.9 Å². The maximum Gasteiger partial charge on any atom is 0.472 e. The van der Waals surface area contributed by atoms with E-state index in [9.17, 15) is 19.4 Å². The van der Waals surface area contributed by atoms with E-state index in [-0.39, 0.29) is 19.1 Å². The molecule has 0 aliphatic rings. The third kappa shape index (κ3) is 47.6. The quantitative estimate of drug-likeness (QED) is 0.0243. The van der Waals surface area contributed by atoms with Crippen LogP contribution in [0.3, 0.4) is 0 Å². The molecule has 0 saturated carbocycles. The van der Waals surface area contributed by atoms with Crippen molar-refractivity contribution in [3.05, 3.63) is 85.1 Å². The van der Waals surface area contributed by atoms with Gasteiger partial charge in [0.15, 0.2) is 0 Å². The van der Waals surface area contributed by atoms with Gasteiger partial charge in [-0.15, -0.1) is 0 Å². The predicted molar refractivity (Wildman–Crippen MR) is 276 cm³/mol. The Balaban J connectivity index is 4.36. The van der Waals surface area contributed by atoms with Crippen LogP contribution in [-0.4, -0.2) is 73.4 Å². The zero-order valence-electron chi connectivity index (χ0n) is 42.0. The Labute approximate surface area is 395 Å². The number of unbranched alkanes of at least 4 members (excludes halogenated alkanes) is 19. The van der Waals surface area contributed by atoms with Crippen LogP contribution in [0.2, 0.25) is 0 Å². The minimum absolute atomic E-state index is 0.0633. The van der Waals surface area contributed by atoms with Crippen LogP contribution < -0.4 is 5.32 Å². The van der Waals surface area contributed by atoms with Crippen molar-refractivity contribution < 1.29 is 32.9 Å². The fourth-order valence-electron chi connectivity index (χ4n) is 7.08. The number of nitrogens with one attached hydrogen (secondary N) is 1. The number of likely N-dealkylation sites (N-methyl/N-ethyl adjacent to an activating group) is 1. The van der Waals surface area contributed by atoms with Gasteiger partial charge in [0.05, 0.1) is 39.9 Å². The van der Waals surface area contributed by atoms with E-state index in [0.29, 0.717) is 23.9 Å². The van der Waals surface area contributed by atoms with Crippen molar-refractivity contribution in [2.45, 2.75) is 219 Å². The highest BCUT2D eigenvalue weighted by atomic mass is 31.2. The number of phosphoric ester groups is 1. The van der Waals surface area contributed by atoms with Gasteiger partial charge in [-0.3, -0.25) is 13.8 Å². The summed E-state index contributed by atoms with van der Waals surface area (Å²) in [7, 11) is 1.58. The highest BCUT2D eigenvalue weighted by Crippen LogP contribution is 2.43. The molecule has 0 radical (unpaired) electrons. The van der Waals surface area contributed by atoms with Gasteiger partial charge >= 0.3 is 7.82 Å². The van der Waals surface area contributed by atoms with Gasteiger partial charge in [0, 0.05) is 6.42 Å². The smallest absolute Gasteiger partial charge is 0.391 e. The van der Waals surface area contributed by atoms with E-state index < -0.39 is 20.0 Å². The van der Waals surface area contributed by atoms with Gasteiger partial charge < -0.3 is 19.8 Å². The summed E-state index contributed by atoms with van der Waals surface area (Å²) in [6.07, 6.45) is 63.3. The van der Waals surface area contributed by atoms with E-state index in [2.05, 4.69) is 104 Å². The predicted octanol–water partition coefficient (Wildman–Crippen LogP) is 15.3. The summed E-state index contributed by atoms with van der Waals surface area (Å²) in [6.45, 7) is 4.74. The molecule has 3 unspecified atom stereocenters. The first-order valence-corrected chi connectivity index (χ1v) is 27.4. The van der Waals surface area contributed by atoms with E-state index in [1.165, 1.54) is 89.9 Å². The van der Waals surface area contributed by atoms with E-state index in [0.717, 1.165) is 89.9 Å². The molecule has 3 atom stereocenters. The molecule has 64 heavy (non-hydrogen) atoms. The van der Waals surface area contributed by atoms with Crippen molar-refractivity contribution in [1.29, 1.82) is 0 Å². The van der Waals surface area contributed by atoms with E-state index in [1.807, 2.05) is 21.1 Å². The summed E-state index contributed by atoms with van der Waals surface area (Å²) in [5.74, 6) is -0.179. The number of hydrogen-bond acceptors (Lipinski definition) is 5. The summed E-state index contributed by atoms with van der Waals surface area (Å²) in [6, 6.07) is -0.784. The molecule has 0 aliphatic heterocycles. The van der Waals surface area contributed by atoms with Crippen molar-refractivity contribution in [3.63, 3.8) is 0 Å². The Morgan fingerprint density at radius 2 is 0.938 bits per heavy atom. The second kappa shape index (κ2) is 45.8. The first kappa shape index (κ1) is 61.7. The molecule has 0 heterocycles. The summed E-state index contributed by atoms with van der Waals surface area (Å²) in [4.78, 5) is 23.3. The first-order chi connectivity index (χ1) is 31.0. The number of aliphatic hydroxyl groups excluding tert-OH is 1. The van der Waals surface area contributed by atoms with Crippen molar-refractivity contribution in [2.24, 2.45) is 0 Å². The molecule has 0 aromatic carbocycles. The number of carbonyl (C=O) groups excluding carboxylic acids is 1. The van der Waals surface area contributed by atoms with E-state index in [1.54, 1.807) is 0 Å². The van der Waals surface area contributed by atoms with Crippen LogP contribution in [0.15, 0.2) is 85.1 Å². The van der Waals surface area contributed by atoms with Gasteiger partial charge in [0.1, 0.15) is 13.2 Å². The van der Waals surface area contributed by atoms with Crippen LogP contribution in [-0.2, 0) is 18.4 Å². The van der Waals surface area contributed by atoms with Crippen LogP contribution in [0.5, 0.6) is 0 Å². The Morgan fingerprint density at radius 3 is 1.36 bits per heavy atom. The van der Waals surface area contributed by atoms with Gasteiger partial charge in [-0.05, 0) is 70.6 Å². The average Bonchev–Trinajstić information content (AvgIpc) is 3.25. The fraction of sp³-hybridized carbons (Fsp3) is 0.727. The molecule has 0 aliphatic carbocycles. The van der Waals surface area contributed by atoms with Gasteiger partial charge in [-0.2, -0.15) is 0 Å². The lowest BCUT2D eigenvalue weighted by Crippen LogP contribution is -2.46. The van der Waals surface area contributed by atoms with Crippen LogP contribution in [0, 0.1) is 0 Å². The summed E-state index contributed by atoms with van der Waals surface area (Å²) >= 11 is 0. The second-order valence-corrected chi connectivity index (χ2v) is 20.0. The number of amides is 1. The monoisotopic (exact) mass is 916 g/mol. The molecule has 0 aromatic rings. The molecule has 9 heteroatoms. The Morgan fingerprint density at radius 1 is 0.547 bits per heavy atom. The van der Waals surface area contributed by atoms with Crippen molar-refractivity contribution in [1.82, 2.24) is 5.32 Å². The highest BCUT2D eigenvalue weighted by Gasteiger charge is 2.28. The average molecular weight is 916 g/mol. The van der Waals surface area contributed by atoms with Gasteiger partial charge in [-0.1, -0.05) is 214 Å². The third-order valence-electron chi connectivity index (χ3n) is 11.2. The number of aliphatic hydroxyl groups is 1. The number of quaternary nitrogens is 1. The Hall–Kier alpha value is -2.32. The number of carbonyl (C=O) groups is 1. The number of phosphoric acid groups is 1. The molecule has 0 saturated heterocycles. The van der Waals surface area contributed by atoms with Crippen molar-refractivity contribution in [3.8, 4) is 0 Å². The maximum absolute atomic E-state index is 13.0. The fourth-order valence-corrected chi connectivity index (χ4v) is 7.82. The summed E-state index contributed by atoms with van der Waals surface area (Å²) < 4.78 is 23.7. The first-order valence-electron chi connectivity index (χ1n) is 26.0. The molecule has 0 aromatic heterocycles. The lowest BCUT2D eigenvalue weighted by atomic mass is 10.0. The lowest BCUT2D eigenvalue weighted by Gasteiger charge is -2.26. The zero-order valence-corrected chi connectivity index (χ0v) is 42.9. The number of nitrogens with zero attached hydrogens (tertiary/aromatic N) is 1. The molecular weight excluding hydrogens is 816 g/mol. The third-order valence-corrected chi connectivity index (χ3v) is 12.1. The molecule has 8 nitrogen and oxygen atoms in total. The van der Waals surface area contributed by atoms with Gasteiger partial charge in [0.25, 0.3) is 0 Å². The van der Waals surface area contributed by atoms with Gasteiger partial charge in [-0.25, -0.2) is 4.57 Å². The molecule has 3 N–H and O–H groups in total. The minimum atomic E-state index is -4.34. The zero-order chi connectivity index (χ0) is 47.1. The number of hydrogen-bond donors (Lipinski definition) is 3. The van der Waals surface area contributed by atoms with E-state index >= 15 is 0 Å². The molecule has 1 amide bonds. The summed E-state index contributed by atoms with van der Waals surface area (Å²) in [5.41, 5.74) is 0. The molecule has 0 bridgehead atoms. The number of allylic oxidation sites excluding steroid dienone is 14. The molecular formula is C55H100N2O6P+. The Bertz CT molecular complexity index is 1310. The highest BCUT2D eigenvalue weighted by molar-refractivity contribution is 7.47. The normalized spacial score (nSPS) is 14.8. The SMILES string of the molecule is CC/C=C\C/C=C\C/C=C\C/C=C\C/C=C\C/C=C\C/C=C\CCCCCC(=O)NC(COP(=O)(O)OCC[N+](C)(C)C)C(O)CCCCCCCCCCCCCCCCCCC. The van der Waals surface area contributed by atoms with Crippen LogP contribution >= 0.6 is 7.82 Å². The molecule has 0 fully saturated rings. The molecule has 0 spiro atoms. The minimum Gasteiger partial charge on any atom is -0.391 e. The Kier molecular flexibility index (Phi) is 44.2. The van der Waals surface area contributed by atoms with Crippen molar-refractivity contribution >= 4 is 13.7 Å². The largest absolute Gasteiger partial charge is 0.472 e. The van der Waals surface area contributed by atoms with Crippen LogP contribution in [0.4, 0.5) is 0 Å². The number of rotatable bonds is 46. The van der Waals surface area contributed by atoms with E-state index in [4.69, 9.17) is 9.05 Å². The maximum atomic E-state index is 13.0. The van der Waals surface area contributed by atoms with Crippen LogP contribution in [0.25, 0.3) is 0 Å².